The predicted molar refractivity (Wildman–Crippen MR) is 150 cm³/mol. The zero-order chi connectivity index (χ0) is 28.4. The highest BCUT2D eigenvalue weighted by atomic mass is 19.1. The van der Waals surface area contributed by atoms with Crippen LogP contribution >= 0.6 is 0 Å². The van der Waals surface area contributed by atoms with E-state index in [1.807, 2.05) is 16.7 Å². The van der Waals surface area contributed by atoms with Gasteiger partial charge in [-0.2, -0.15) is 0 Å². The first kappa shape index (κ1) is 26.4. The van der Waals surface area contributed by atoms with Crippen LogP contribution in [0.5, 0.6) is 11.8 Å². The second-order valence-corrected chi connectivity index (χ2v) is 9.10. The Hall–Kier alpha value is -5.16. The number of nitrogens with two attached hydrogens (primary N) is 1. The van der Waals surface area contributed by atoms with Crippen molar-refractivity contribution in [2.75, 3.05) is 17.7 Å². The predicted octanol–water partition coefficient (Wildman–Crippen LogP) is 4.88. The summed E-state index contributed by atoms with van der Waals surface area (Å²) in [7, 11) is 0. The number of carbonyl (C=O) groups excluding carboxylic acids is 1. The largest absolute Gasteiger partial charge is 0.421 e. The summed E-state index contributed by atoms with van der Waals surface area (Å²) in [6.07, 6.45) is 2.87. The van der Waals surface area contributed by atoms with E-state index in [0.29, 0.717) is 44.8 Å². The maximum absolute atomic E-state index is 15.4. The molecule has 40 heavy (non-hydrogen) atoms. The maximum Gasteiger partial charge on any atom is 0.322 e. The smallest absolute Gasteiger partial charge is 0.322 e. The summed E-state index contributed by atoms with van der Waals surface area (Å²) in [6.45, 7) is 7.09. The van der Waals surface area contributed by atoms with Gasteiger partial charge in [-0.3, -0.25) is 4.79 Å². The first-order valence-corrected chi connectivity index (χ1v) is 12.3. The Kier molecular flexibility index (Phi) is 7.21. The van der Waals surface area contributed by atoms with Crippen molar-refractivity contribution in [1.82, 2.24) is 24.5 Å². The zero-order valence-electron chi connectivity index (χ0n) is 21.8. The van der Waals surface area contributed by atoms with Gasteiger partial charge in [0, 0.05) is 35.3 Å². The molecule has 0 unspecified atom stereocenters. The van der Waals surface area contributed by atoms with E-state index in [1.54, 1.807) is 38.1 Å². The lowest BCUT2D eigenvalue weighted by atomic mass is 9.98. The lowest BCUT2D eigenvalue weighted by Crippen LogP contribution is -2.11. The Labute approximate surface area is 229 Å². The molecule has 0 aliphatic carbocycles. The Morgan fingerprint density at radius 3 is 2.55 bits per heavy atom. The maximum atomic E-state index is 15.4. The van der Waals surface area contributed by atoms with Crippen molar-refractivity contribution < 1.29 is 19.0 Å². The van der Waals surface area contributed by atoms with Crippen LogP contribution in [0.3, 0.4) is 0 Å². The molecule has 11 heteroatoms. The van der Waals surface area contributed by atoms with Gasteiger partial charge in [-0.1, -0.05) is 24.8 Å². The number of hydrogen-bond acceptors (Lipinski definition) is 8. The summed E-state index contributed by atoms with van der Waals surface area (Å²) in [5.41, 5.74) is 10.9. The summed E-state index contributed by atoms with van der Waals surface area (Å²) >= 11 is 0. The number of nitrogen functional groups attached to an aromatic ring is 1. The molecule has 2 aromatic carbocycles. The molecule has 0 bridgehead atoms. The van der Waals surface area contributed by atoms with E-state index < -0.39 is 5.82 Å². The van der Waals surface area contributed by atoms with Crippen molar-refractivity contribution in [3.8, 4) is 34.1 Å². The summed E-state index contributed by atoms with van der Waals surface area (Å²) in [4.78, 5) is 28.9. The number of halogens is 1. The fraction of sp³-hybridized carbons (Fsp3) is 0.138. The third kappa shape index (κ3) is 5.09. The van der Waals surface area contributed by atoms with Gasteiger partial charge in [0.05, 0.1) is 17.7 Å². The molecule has 3 heterocycles. The van der Waals surface area contributed by atoms with Gasteiger partial charge < -0.3 is 25.5 Å². The normalized spacial score (nSPS) is 11.0. The Morgan fingerprint density at radius 2 is 1.88 bits per heavy atom. The molecule has 0 radical (unpaired) electrons. The number of benzene rings is 2. The Morgan fingerprint density at radius 1 is 1.12 bits per heavy atom. The molecule has 0 spiro atoms. The van der Waals surface area contributed by atoms with E-state index in [9.17, 15) is 9.90 Å². The summed E-state index contributed by atoms with van der Waals surface area (Å²) in [5.74, 6) is -0.765. The molecule has 202 valence electrons. The van der Waals surface area contributed by atoms with E-state index >= 15 is 4.39 Å². The van der Waals surface area contributed by atoms with Gasteiger partial charge in [0.15, 0.2) is 11.6 Å². The molecular formula is C29H26FN7O3. The minimum Gasteiger partial charge on any atom is -0.421 e. The number of aliphatic hydroxyl groups excluding tert-OH is 1. The number of aromatic nitrogens is 5. The number of hydrogen-bond donors (Lipinski definition) is 3. The van der Waals surface area contributed by atoms with E-state index in [2.05, 4.69) is 31.8 Å². The van der Waals surface area contributed by atoms with Crippen molar-refractivity contribution in [2.24, 2.45) is 0 Å². The average molecular weight is 540 g/mol. The van der Waals surface area contributed by atoms with Crippen molar-refractivity contribution in [2.45, 2.75) is 20.4 Å². The molecule has 0 aliphatic rings. The summed E-state index contributed by atoms with van der Waals surface area (Å²) in [6, 6.07) is 13.4. The van der Waals surface area contributed by atoms with Gasteiger partial charge in [-0.15, -0.1) is 0 Å². The van der Waals surface area contributed by atoms with Crippen molar-refractivity contribution in [3.63, 3.8) is 0 Å². The highest BCUT2D eigenvalue weighted by Gasteiger charge is 2.24. The molecule has 0 atom stereocenters. The zero-order valence-corrected chi connectivity index (χ0v) is 21.8. The second-order valence-electron chi connectivity index (χ2n) is 9.10. The van der Waals surface area contributed by atoms with Gasteiger partial charge in [0.1, 0.15) is 17.8 Å². The first-order chi connectivity index (χ1) is 19.3. The lowest BCUT2D eigenvalue weighted by molar-refractivity contribution is -0.112. The van der Waals surface area contributed by atoms with Crippen molar-refractivity contribution in [1.29, 1.82) is 0 Å². The number of carbonyl (C=O) groups is 1. The van der Waals surface area contributed by atoms with Gasteiger partial charge in [0.25, 0.3) is 5.91 Å². The van der Waals surface area contributed by atoms with Crippen LogP contribution in [-0.2, 0) is 11.3 Å². The van der Waals surface area contributed by atoms with E-state index in [4.69, 9.17) is 10.5 Å². The average Bonchev–Trinajstić information content (AvgIpc) is 3.26. The van der Waals surface area contributed by atoms with Crippen LogP contribution in [0.1, 0.15) is 12.6 Å². The number of ether oxygens (including phenoxy) is 1. The van der Waals surface area contributed by atoms with E-state index in [-0.39, 0.29) is 36.6 Å². The van der Waals surface area contributed by atoms with Crippen LogP contribution in [0, 0.1) is 12.7 Å². The number of amides is 1. The fourth-order valence-electron chi connectivity index (χ4n) is 4.35. The topological polar surface area (TPSA) is 141 Å². The van der Waals surface area contributed by atoms with Crippen LogP contribution in [0.15, 0.2) is 73.2 Å². The van der Waals surface area contributed by atoms with Crippen molar-refractivity contribution in [3.05, 3.63) is 84.7 Å². The Balaban J connectivity index is 1.66. The minimum absolute atomic E-state index is 0.0309. The number of nitrogens with one attached hydrogen (secondary N) is 1. The van der Waals surface area contributed by atoms with Crippen molar-refractivity contribution >= 4 is 28.4 Å². The first-order valence-electron chi connectivity index (χ1n) is 12.3. The molecular weight excluding hydrogens is 513 g/mol. The number of rotatable bonds is 8. The second kappa shape index (κ2) is 10.9. The minimum atomic E-state index is -0.634. The molecule has 4 N–H and O–H groups in total. The lowest BCUT2D eigenvalue weighted by Gasteiger charge is -2.13. The quantitative estimate of drug-likeness (QED) is 0.237. The van der Waals surface area contributed by atoms with Crippen LogP contribution in [-0.4, -0.2) is 42.1 Å². The molecule has 5 aromatic rings. The van der Waals surface area contributed by atoms with Crippen LogP contribution in [0.4, 0.5) is 15.9 Å². The van der Waals surface area contributed by atoms with Crippen LogP contribution < -0.4 is 15.8 Å². The molecule has 1 amide bonds. The fourth-order valence-corrected chi connectivity index (χ4v) is 4.35. The van der Waals surface area contributed by atoms with Gasteiger partial charge >= 0.3 is 6.01 Å². The summed E-state index contributed by atoms with van der Waals surface area (Å²) in [5, 5.41) is 13.2. The number of aryl methyl sites for hydroxylation is 1. The molecule has 3 aromatic heterocycles. The van der Waals surface area contributed by atoms with Crippen LogP contribution in [0.25, 0.3) is 33.4 Å². The third-order valence-electron chi connectivity index (χ3n) is 6.19. The van der Waals surface area contributed by atoms with Crippen LogP contribution in [0.2, 0.25) is 0 Å². The molecule has 0 saturated carbocycles. The molecule has 0 saturated heterocycles. The van der Waals surface area contributed by atoms with Gasteiger partial charge in [0.2, 0.25) is 0 Å². The number of aliphatic hydroxyl groups is 1. The molecule has 5 rings (SSSR count). The number of fused-ring (bicyclic) bond motifs is 1. The number of nitrogens with zero attached hydrogens (tertiary/aromatic N) is 5. The van der Waals surface area contributed by atoms with E-state index in [1.165, 1.54) is 24.7 Å². The summed E-state index contributed by atoms with van der Waals surface area (Å²) < 4.78 is 22.8. The third-order valence-corrected chi connectivity index (χ3v) is 6.19. The molecule has 0 fully saturated rings. The van der Waals surface area contributed by atoms with Gasteiger partial charge in [-0.05, 0) is 55.3 Å². The highest BCUT2D eigenvalue weighted by Crippen LogP contribution is 2.43. The van der Waals surface area contributed by atoms with E-state index in [0.717, 1.165) is 5.56 Å². The SMILES string of the molecule is C=C(C)C(=O)Nc1ccc(-c2c(-c3ccc(Oc4nccc(C)n4)c(F)c3)c3c(N)ncnc3n2CCO)cc1. The highest BCUT2D eigenvalue weighted by molar-refractivity contribution is 6.08. The standard InChI is InChI=1S/C29H26FN7O3/c1-16(2)28(39)36-20-7-4-18(5-8-20)25-23(24-26(31)33-15-34-27(24)37(25)12-13-38)19-6-9-22(21(30)14-19)40-29-32-11-10-17(3)35-29/h4-11,14-15,38H,1,12-13H2,2-3H3,(H,36,39)(H2,31,33,34). The van der Waals surface area contributed by atoms with Gasteiger partial charge in [-0.25, -0.2) is 24.3 Å². The number of anilines is 2. The molecule has 0 aliphatic heterocycles. The Bertz CT molecular complexity index is 1750. The molecule has 10 nitrogen and oxygen atoms in total. The monoisotopic (exact) mass is 539 g/mol.